The second-order valence-electron chi connectivity index (χ2n) is 10.7. The van der Waals surface area contributed by atoms with Crippen molar-refractivity contribution < 1.29 is 4.74 Å². The van der Waals surface area contributed by atoms with E-state index < -0.39 is 0 Å². The Morgan fingerprint density at radius 1 is 0.586 bits per heavy atom. The molecule has 0 amide bonds. The first-order chi connectivity index (χ1) is 13.4. The van der Waals surface area contributed by atoms with Crippen LogP contribution in [0.4, 0.5) is 0 Å². The maximum Gasteiger partial charge on any atom is 0.0948 e. The average molecular weight is 397 g/mol. The first kappa shape index (κ1) is 22.6. The highest BCUT2D eigenvalue weighted by atomic mass is 16.5. The van der Waals surface area contributed by atoms with Gasteiger partial charge in [-0.3, -0.25) is 0 Å². The molecule has 2 aliphatic carbocycles. The van der Waals surface area contributed by atoms with Gasteiger partial charge in [0.25, 0.3) is 0 Å². The van der Waals surface area contributed by atoms with E-state index in [2.05, 4.69) is 83.1 Å². The lowest BCUT2D eigenvalue weighted by molar-refractivity contribution is -0.159. The average Bonchev–Trinajstić information content (AvgIpc) is 3.25. The molecule has 1 nitrogen and oxygen atoms in total. The largest absolute Gasteiger partial charge is 0.372 e. The van der Waals surface area contributed by atoms with Crippen LogP contribution in [0.3, 0.4) is 0 Å². The Bertz CT molecular complexity index is 733. The van der Waals surface area contributed by atoms with Gasteiger partial charge in [0.1, 0.15) is 0 Å². The molecule has 0 saturated carbocycles. The number of allylic oxidation sites excluding steroid dienone is 4. The van der Waals surface area contributed by atoms with Crippen molar-refractivity contribution >= 4 is 0 Å². The summed E-state index contributed by atoms with van der Waals surface area (Å²) in [4.78, 5) is 0. The molecule has 0 aromatic carbocycles. The molecule has 1 aliphatic heterocycles. The fraction of sp³-hybridized carbons (Fsp3) is 0.714. The molecule has 1 saturated heterocycles. The molecule has 0 unspecified atom stereocenters. The Morgan fingerprint density at radius 3 is 1.10 bits per heavy atom. The SMILES string of the molecule is CC1=C(C)C(C(C)C)(C2(C3(C(C)C)C(C)=C(C)C(C)=C3C)CCCO2)C(C)=C1C. The summed E-state index contributed by atoms with van der Waals surface area (Å²) in [6, 6.07) is 0. The Labute approximate surface area is 180 Å². The van der Waals surface area contributed by atoms with E-state index in [1.54, 1.807) is 22.3 Å². The fourth-order valence-corrected chi connectivity index (χ4v) is 8.32. The molecule has 0 radical (unpaired) electrons. The molecule has 3 aliphatic rings. The second kappa shape index (κ2) is 6.98. The van der Waals surface area contributed by atoms with Crippen LogP contribution in [0.2, 0.25) is 0 Å². The molecule has 0 aromatic rings. The number of ether oxygens (including phenoxy) is 1. The van der Waals surface area contributed by atoms with Crippen molar-refractivity contribution in [2.45, 2.75) is 102 Å². The third kappa shape index (κ3) is 2.26. The third-order valence-electron chi connectivity index (χ3n) is 9.77. The molecule has 0 bridgehead atoms. The summed E-state index contributed by atoms with van der Waals surface area (Å²) in [5.74, 6) is 0.955. The Morgan fingerprint density at radius 2 is 0.897 bits per heavy atom. The van der Waals surface area contributed by atoms with Crippen LogP contribution < -0.4 is 0 Å². The minimum atomic E-state index is -0.233. The summed E-state index contributed by atoms with van der Waals surface area (Å²) in [5, 5.41) is 0. The predicted octanol–water partition coefficient (Wildman–Crippen LogP) is 8.19. The molecule has 1 heteroatoms. The molecule has 0 spiro atoms. The molecule has 0 atom stereocenters. The normalized spacial score (nSPS) is 26.3. The van der Waals surface area contributed by atoms with Crippen molar-refractivity contribution in [3.05, 3.63) is 44.6 Å². The monoisotopic (exact) mass is 396 g/mol. The van der Waals surface area contributed by atoms with Gasteiger partial charge in [0.15, 0.2) is 0 Å². The van der Waals surface area contributed by atoms with Crippen molar-refractivity contribution in [1.82, 2.24) is 0 Å². The quantitative estimate of drug-likeness (QED) is 0.465. The van der Waals surface area contributed by atoms with Gasteiger partial charge in [0.2, 0.25) is 0 Å². The highest BCUT2D eigenvalue weighted by Gasteiger charge is 2.71. The summed E-state index contributed by atoms with van der Waals surface area (Å²) in [7, 11) is 0. The molecule has 1 heterocycles. The first-order valence-electron chi connectivity index (χ1n) is 11.7. The molecular formula is C28H44O. The molecule has 0 N–H and O–H groups in total. The summed E-state index contributed by atoms with van der Waals surface area (Å²) in [5.41, 5.74) is 11.8. The van der Waals surface area contributed by atoms with Crippen molar-refractivity contribution in [2.75, 3.05) is 6.61 Å². The summed E-state index contributed by atoms with van der Waals surface area (Å²) < 4.78 is 7.18. The maximum absolute atomic E-state index is 7.18. The van der Waals surface area contributed by atoms with E-state index in [0.29, 0.717) is 11.8 Å². The van der Waals surface area contributed by atoms with Gasteiger partial charge >= 0.3 is 0 Å². The van der Waals surface area contributed by atoms with E-state index in [4.69, 9.17) is 4.74 Å². The van der Waals surface area contributed by atoms with Gasteiger partial charge in [0, 0.05) is 17.4 Å². The highest BCUT2D eigenvalue weighted by Crippen LogP contribution is 2.72. The van der Waals surface area contributed by atoms with Gasteiger partial charge in [-0.1, -0.05) is 50.0 Å². The number of rotatable bonds is 4. The van der Waals surface area contributed by atoms with Gasteiger partial charge in [-0.25, -0.2) is 0 Å². The van der Waals surface area contributed by atoms with Crippen LogP contribution in [0.25, 0.3) is 0 Å². The van der Waals surface area contributed by atoms with Gasteiger partial charge in [-0.15, -0.1) is 0 Å². The molecule has 1 fully saturated rings. The van der Waals surface area contributed by atoms with Gasteiger partial charge in [0.05, 0.1) is 5.60 Å². The lowest BCUT2D eigenvalue weighted by Gasteiger charge is -2.62. The van der Waals surface area contributed by atoms with Gasteiger partial charge in [-0.2, -0.15) is 0 Å². The summed E-state index contributed by atoms with van der Waals surface area (Å²) in [6.45, 7) is 29.6. The Hall–Kier alpha value is -1.08. The van der Waals surface area contributed by atoms with Crippen LogP contribution in [0.1, 0.15) is 95.9 Å². The van der Waals surface area contributed by atoms with E-state index in [1.165, 1.54) is 22.3 Å². The van der Waals surface area contributed by atoms with Crippen LogP contribution in [0, 0.1) is 22.7 Å². The lowest BCUT2D eigenvalue weighted by Crippen LogP contribution is -2.64. The fourth-order valence-electron chi connectivity index (χ4n) is 8.32. The van der Waals surface area contributed by atoms with Crippen LogP contribution >= 0.6 is 0 Å². The van der Waals surface area contributed by atoms with Crippen molar-refractivity contribution in [3.8, 4) is 0 Å². The van der Waals surface area contributed by atoms with E-state index in [1.807, 2.05) is 0 Å². The molecule has 0 aromatic heterocycles. The van der Waals surface area contributed by atoms with Gasteiger partial charge < -0.3 is 4.74 Å². The van der Waals surface area contributed by atoms with Crippen LogP contribution in [0.15, 0.2) is 44.6 Å². The zero-order valence-electron chi connectivity index (χ0n) is 21.2. The topological polar surface area (TPSA) is 9.23 Å². The zero-order valence-corrected chi connectivity index (χ0v) is 21.2. The van der Waals surface area contributed by atoms with Crippen LogP contribution in [-0.2, 0) is 4.74 Å². The molecule has 3 rings (SSSR count). The minimum Gasteiger partial charge on any atom is -0.372 e. The van der Waals surface area contributed by atoms with Gasteiger partial charge in [-0.05, 0) is 102 Å². The Balaban J connectivity index is 2.53. The van der Waals surface area contributed by atoms with Crippen molar-refractivity contribution in [3.63, 3.8) is 0 Å². The van der Waals surface area contributed by atoms with Crippen molar-refractivity contribution in [2.24, 2.45) is 22.7 Å². The van der Waals surface area contributed by atoms with Crippen LogP contribution in [-0.4, -0.2) is 12.2 Å². The lowest BCUT2D eigenvalue weighted by atomic mass is 9.44. The van der Waals surface area contributed by atoms with E-state index in [9.17, 15) is 0 Å². The standard InChI is InChI=1S/C28H44O/c1-16(2)27(22(9)18(5)19(6)23(27)10)26(14-13-15-29-26)28(17(3)4)24(11)20(7)21(8)25(28)12/h16-17H,13-15H2,1-12H3. The van der Waals surface area contributed by atoms with E-state index in [-0.39, 0.29) is 16.4 Å². The number of hydrogen-bond donors (Lipinski definition) is 0. The van der Waals surface area contributed by atoms with Crippen molar-refractivity contribution in [1.29, 1.82) is 0 Å². The third-order valence-corrected chi connectivity index (χ3v) is 9.77. The molecule has 162 valence electrons. The highest BCUT2D eigenvalue weighted by molar-refractivity contribution is 5.60. The Kier molecular flexibility index (Phi) is 5.44. The summed E-state index contributed by atoms with van der Waals surface area (Å²) in [6.07, 6.45) is 2.29. The first-order valence-corrected chi connectivity index (χ1v) is 11.7. The molecule has 29 heavy (non-hydrogen) atoms. The van der Waals surface area contributed by atoms with Crippen LogP contribution in [0.5, 0.6) is 0 Å². The second-order valence-corrected chi connectivity index (χ2v) is 10.7. The maximum atomic E-state index is 7.18. The minimum absolute atomic E-state index is 0.0602. The smallest absolute Gasteiger partial charge is 0.0948 e. The zero-order chi connectivity index (χ0) is 22.1. The molecular weight excluding hydrogens is 352 g/mol. The summed E-state index contributed by atoms with van der Waals surface area (Å²) >= 11 is 0. The predicted molar refractivity (Wildman–Crippen MR) is 126 cm³/mol. The van der Waals surface area contributed by atoms with E-state index >= 15 is 0 Å². The number of hydrogen-bond acceptors (Lipinski definition) is 1. The van der Waals surface area contributed by atoms with E-state index in [0.717, 1.165) is 19.4 Å².